The van der Waals surface area contributed by atoms with Crippen LogP contribution in [-0.4, -0.2) is 11.4 Å². The van der Waals surface area contributed by atoms with Crippen LogP contribution in [-0.2, 0) is 0 Å². The summed E-state index contributed by atoms with van der Waals surface area (Å²) in [5, 5.41) is 10.7. The van der Waals surface area contributed by atoms with Gasteiger partial charge in [-0.05, 0) is 5.56 Å². The van der Waals surface area contributed by atoms with Crippen molar-refractivity contribution in [1.82, 2.24) is 0 Å². The van der Waals surface area contributed by atoms with E-state index in [0.29, 0.717) is 0 Å². The number of rotatable bonds is 2. The Balaban J connectivity index is 2.76. The predicted octanol–water partition coefficient (Wildman–Crippen LogP) is 2.43. The summed E-state index contributed by atoms with van der Waals surface area (Å²) in [6, 6.07) is 9.42. The summed E-state index contributed by atoms with van der Waals surface area (Å²) in [7, 11) is 0. The van der Waals surface area contributed by atoms with E-state index in [1.807, 2.05) is 30.3 Å². The average molecular weight is 170 g/mol. The van der Waals surface area contributed by atoms with Crippen LogP contribution >= 0.6 is 11.6 Å². The zero-order chi connectivity index (χ0) is 8.10. The summed E-state index contributed by atoms with van der Waals surface area (Å²) in [6.07, 6.45) is 1.27. The Morgan fingerprint density at radius 1 is 1.36 bits per heavy atom. The smallest absolute Gasteiger partial charge is 0.0970 e. The lowest BCUT2D eigenvalue weighted by Crippen LogP contribution is -1.89. The van der Waals surface area contributed by atoms with E-state index in [9.17, 15) is 0 Å². The number of hydrogen-bond acceptors (Lipinski definition) is 2. The number of benzene rings is 1. The molecule has 2 nitrogen and oxygen atoms in total. The van der Waals surface area contributed by atoms with E-state index in [1.165, 1.54) is 6.21 Å². The summed E-state index contributed by atoms with van der Waals surface area (Å²) >= 11 is 5.80. The molecule has 0 fully saturated rings. The quantitative estimate of drug-likeness (QED) is 0.314. The predicted molar refractivity (Wildman–Crippen MR) is 45.3 cm³/mol. The molecule has 0 amide bonds. The molecule has 0 radical (unpaired) electrons. The van der Waals surface area contributed by atoms with Crippen LogP contribution in [0.2, 0.25) is 0 Å². The van der Waals surface area contributed by atoms with Crippen molar-refractivity contribution in [2.45, 2.75) is 5.38 Å². The number of oxime groups is 1. The van der Waals surface area contributed by atoms with Crippen LogP contribution in [0.15, 0.2) is 35.5 Å². The average Bonchev–Trinajstić information content (AvgIpc) is 2.07. The lowest BCUT2D eigenvalue weighted by atomic mass is 10.2. The van der Waals surface area contributed by atoms with Gasteiger partial charge in [0.05, 0.1) is 11.6 Å². The lowest BCUT2D eigenvalue weighted by Gasteiger charge is -2.00. The molecule has 3 heteroatoms. The summed E-state index contributed by atoms with van der Waals surface area (Å²) in [5.74, 6) is 0. The normalized spacial score (nSPS) is 13.5. The SMILES string of the molecule is ON=CC(Cl)c1ccccc1. The van der Waals surface area contributed by atoms with Crippen LogP contribution < -0.4 is 0 Å². The van der Waals surface area contributed by atoms with Crippen molar-refractivity contribution in [3.8, 4) is 0 Å². The molecule has 0 aliphatic rings. The first-order valence-corrected chi connectivity index (χ1v) is 3.65. The van der Waals surface area contributed by atoms with Crippen molar-refractivity contribution >= 4 is 17.8 Å². The van der Waals surface area contributed by atoms with Crippen LogP contribution in [0.4, 0.5) is 0 Å². The largest absolute Gasteiger partial charge is 0.411 e. The molecular weight excluding hydrogens is 162 g/mol. The van der Waals surface area contributed by atoms with Gasteiger partial charge in [-0.25, -0.2) is 0 Å². The Morgan fingerprint density at radius 2 is 2.00 bits per heavy atom. The molecule has 0 aliphatic carbocycles. The monoisotopic (exact) mass is 169 g/mol. The first-order chi connectivity index (χ1) is 5.34. The van der Waals surface area contributed by atoms with Crippen LogP contribution in [0, 0.1) is 0 Å². The Morgan fingerprint density at radius 3 is 2.55 bits per heavy atom. The summed E-state index contributed by atoms with van der Waals surface area (Å²) in [5.41, 5.74) is 0.923. The Kier molecular flexibility index (Phi) is 2.93. The second-order valence-corrected chi connectivity index (χ2v) is 2.55. The highest BCUT2D eigenvalue weighted by Gasteiger charge is 2.01. The zero-order valence-electron chi connectivity index (χ0n) is 5.81. The molecule has 1 unspecified atom stereocenters. The van der Waals surface area contributed by atoms with Crippen LogP contribution in [0.25, 0.3) is 0 Å². The van der Waals surface area contributed by atoms with Crippen molar-refractivity contribution in [3.05, 3.63) is 35.9 Å². The van der Waals surface area contributed by atoms with Gasteiger partial charge in [0.15, 0.2) is 0 Å². The molecule has 1 aromatic rings. The highest BCUT2D eigenvalue weighted by Crippen LogP contribution is 2.16. The summed E-state index contributed by atoms with van der Waals surface area (Å²) < 4.78 is 0. The first-order valence-electron chi connectivity index (χ1n) is 3.21. The van der Waals surface area contributed by atoms with E-state index < -0.39 is 0 Å². The fourth-order valence-electron chi connectivity index (χ4n) is 0.781. The molecule has 1 aromatic carbocycles. The maximum absolute atomic E-state index is 8.18. The topological polar surface area (TPSA) is 32.6 Å². The van der Waals surface area contributed by atoms with Crippen LogP contribution in [0.5, 0.6) is 0 Å². The van der Waals surface area contributed by atoms with E-state index in [-0.39, 0.29) is 5.38 Å². The molecule has 1 atom stereocenters. The second kappa shape index (κ2) is 3.98. The minimum absolute atomic E-state index is 0.346. The molecule has 0 saturated heterocycles. The highest BCUT2D eigenvalue weighted by molar-refractivity contribution is 6.28. The number of hydrogen-bond donors (Lipinski definition) is 1. The summed E-state index contributed by atoms with van der Waals surface area (Å²) in [6.45, 7) is 0. The molecule has 0 bridgehead atoms. The van der Waals surface area contributed by atoms with E-state index in [2.05, 4.69) is 5.16 Å². The van der Waals surface area contributed by atoms with Gasteiger partial charge in [0, 0.05) is 0 Å². The van der Waals surface area contributed by atoms with E-state index in [0.717, 1.165) is 5.56 Å². The van der Waals surface area contributed by atoms with Crippen molar-refractivity contribution in [1.29, 1.82) is 0 Å². The van der Waals surface area contributed by atoms with E-state index in [4.69, 9.17) is 16.8 Å². The molecule has 58 valence electrons. The number of halogens is 1. The molecule has 0 spiro atoms. The lowest BCUT2D eigenvalue weighted by molar-refractivity contribution is 0.320. The summed E-state index contributed by atoms with van der Waals surface area (Å²) in [4.78, 5) is 0. The van der Waals surface area contributed by atoms with Gasteiger partial charge in [-0.3, -0.25) is 0 Å². The molecule has 0 aliphatic heterocycles. The molecule has 0 heterocycles. The molecule has 1 rings (SSSR count). The van der Waals surface area contributed by atoms with Crippen molar-refractivity contribution in [2.24, 2.45) is 5.16 Å². The highest BCUT2D eigenvalue weighted by atomic mass is 35.5. The third kappa shape index (κ3) is 2.24. The van der Waals surface area contributed by atoms with Crippen molar-refractivity contribution in [2.75, 3.05) is 0 Å². The molecule has 0 saturated carbocycles. The van der Waals surface area contributed by atoms with Gasteiger partial charge < -0.3 is 5.21 Å². The fraction of sp³-hybridized carbons (Fsp3) is 0.125. The van der Waals surface area contributed by atoms with Gasteiger partial charge >= 0.3 is 0 Å². The van der Waals surface area contributed by atoms with E-state index >= 15 is 0 Å². The minimum Gasteiger partial charge on any atom is -0.411 e. The molecular formula is C8H8ClNO. The zero-order valence-corrected chi connectivity index (χ0v) is 6.57. The maximum atomic E-state index is 8.18. The Bertz CT molecular complexity index is 235. The van der Waals surface area contributed by atoms with E-state index in [1.54, 1.807) is 0 Å². The van der Waals surface area contributed by atoms with Gasteiger partial charge in [0.1, 0.15) is 0 Å². The molecule has 0 aromatic heterocycles. The van der Waals surface area contributed by atoms with Gasteiger partial charge in [0.2, 0.25) is 0 Å². The maximum Gasteiger partial charge on any atom is 0.0970 e. The first kappa shape index (κ1) is 8.08. The van der Waals surface area contributed by atoms with Crippen molar-refractivity contribution in [3.63, 3.8) is 0 Å². The van der Waals surface area contributed by atoms with Gasteiger partial charge in [0.25, 0.3) is 0 Å². The third-order valence-electron chi connectivity index (χ3n) is 1.32. The molecule has 1 N–H and O–H groups in total. The van der Waals surface area contributed by atoms with Gasteiger partial charge in [-0.1, -0.05) is 30.3 Å². The Labute approximate surface area is 70.1 Å². The van der Waals surface area contributed by atoms with Gasteiger partial charge in [-0.2, -0.15) is 0 Å². The standard InChI is InChI=1S/C8H8ClNO/c9-8(6-10-11)7-4-2-1-3-5-7/h1-6,8,11H. The number of alkyl halides is 1. The minimum atomic E-state index is -0.346. The fourth-order valence-corrected chi connectivity index (χ4v) is 0.977. The van der Waals surface area contributed by atoms with Crippen LogP contribution in [0.1, 0.15) is 10.9 Å². The van der Waals surface area contributed by atoms with Crippen molar-refractivity contribution < 1.29 is 5.21 Å². The third-order valence-corrected chi connectivity index (χ3v) is 1.68. The second-order valence-electron chi connectivity index (χ2n) is 2.08. The van der Waals surface area contributed by atoms with Gasteiger partial charge in [-0.15, -0.1) is 16.8 Å². The molecule has 11 heavy (non-hydrogen) atoms. The number of nitrogens with zero attached hydrogens (tertiary/aromatic N) is 1. The van der Waals surface area contributed by atoms with Crippen LogP contribution in [0.3, 0.4) is 0 Å². The Hall–Kier alpha value is -1.02.